The van der Waals surface area contributed by atoms with Gasteiger partial charge in [-0.25, -0.2) is 8.42 Å². The molecule has 1 aliphatic heterocycles. The van der Waals surface area contributed by atoms with Crippen molar-refractivity contribution in [2.45, 2.75) is 49.2 Å². The van der Waals surface area contributed by atoms with Crippen LogP contribution in [0.3, 0.4) is 0 Å². The van der Waals surface area contributed by atoms with E-state index in [9.17, 15) is 8.42 Å². The van der Waals surface area contributed by atoms with Crippen molar-refractivity contribution in [2.24, 2.45) is 0 Å². The Balaban J connectivity index is 1.41. The molecular formula is C22H28N2O3S. The number of ether oxygens (including phenoxy) is 1. The molecule has 1 aliphatic carbocycles. The van der Waals surface area contributed by atoms with Gasteiger partial charge in [-0.3, -0.25) is 4.90 Å². The first-order chi connectivity index (χ1) is 13.6. The van der Waals surface area contributed by atoms with Crippen LogP contribution in [0, 0.1) is 0 Å². The van der Waals surface area contributed by atoms with E-state index < -0.39 is 10.0 Å². The molecule has 6 heteroatoms. The van der Waals surface area contributed by atoms with Gasteiger partial charge in [-0.15, -0.1) is 0 Å². The van der Waals surface area contributed by atoms with Crippen LogP contribution in [0.15, 0.2) is 59.5 Å². The average molecular weight is 401 g/mol. The monoisotopic (exact) mass is 400 g/mol. The van der Waals surface area contributed by atoms with Crippen LogP contribution < -0.4 is 4.74 Å². The number of rotatable bonds is 7. The summed E-state index contributed by atoms with van der Waals surface area (Å²) < 4.78 is 33.5. The molecule has 28 heavy (non-hydrogen) atoms. The van der Waals surface area contributed by atoms with E-state index in [1.165, 1.54) is 5.56 Å². The van der Waals surface area contributed by atoms with Crippen molar-refractivity contribution in [1.82, 2.24) is 9.21 Å². The number of benzene rings is 2. The Labute approximate surface area is 168 Å². The smallest absolute Gasteiger partial charge is 0.243 e. The zero-order valence-electron chi connectivity index (χ0n) is 16.3. The minimum atomic E-state index is -3.42. The Morgan fingerprint density at radius 3 is 2.11 bits per heavy atom. The number of hydrogen-bond acceptors (Lipinski definition) is 4. The third-order valence-electron chi connectivity index (χ3n) is 5.71. The summed E-state index contributed by atoms with van der Waals surface area (Å²) in [5, 5.41) is 0. The maximum atomic E-state index is 13.2. The highest BCUT2D eigenvalue weighted by molar-refractivity contribution is 7.89. The Kier molecular flexibility index (Phi) is 5.71. The average Bonchev–Trinajstić information content (AvgIpc) is 3.55. The van der Waals surface area contributed by atoms with Crippen molar-refractivity contribution in [1.29, 1.82) is 0 Å². The normalized spacial score (nSPS) is 19.1. The molecule has 2 aromatic carbocycles. The zero-order chi connectivity index (χ0) is 19.6. The molecule has 0 unspecified atom stereocenters. The van der Waals surface area contributed by atoms with Crippen LogP contribution in [-0.2, 0) is 16.6 Å². The molecule has 1 saturated carbocycles. The first-order valence-electron chi connectivity index (χ1n) is 10.0. The minimum absolute atomic E-state index is 0.102. The standard InChI is InChI=1S/C22H28N2O3S/c1-27-21-11-7-18(8-12-21)17-23-15-13-20(14-16-23)24(19-9-10-19)28(25,26)22-5-3-2-4-6-22/h2-8,11-12,19-20H,9-10,13-17H2,1H3. The van der Waals surface area contributed by atoms with Crippen molar-refractivity contribution in [2.75, 3.05) is 20.2 Å². The van der Waals surface area contributed by atoms with E-state index in [1.54, 1.807) is 31.4 Å². The summed E-state index contributed by atoms with van der Waals surface area (Å²) in [4.78, 5) is 2.83. The molecule has 0 radical (unpaired) electrons. The van der Waals surface area contributed by atoms with Gasteiger partial charge in [-0.1, -0.05) is 30.3 Å². The Morgan fingerprint density at radius 2 is 1.54 bits per heavy atom. The van der Waals surface area contributed by atoms with E-state index in [0.717, 1.165) is 51.1 Å². The van der Waals surface area contributed by atoms with Crippen LogP contribution in [0.1, 0.15) is 31.2 Å². The lowest BCUT2D eigenvalue weighted by Crippen LogP contribution is -2.48. The van der Waals surface area contributed by atoms with Gasteiger partial charge in [0, 0.05) is 31.7 Å². The second kappa shape index (κ2) is 8.23. The SMILES string of the molecule is COc1ccc(CN2CCC(N(C3CC3)S(=O)(=O)c3ccccc3)CC2)cc1. The van der Waals surface area contributed by atoms with Crippen LogP contribution in [0.25, 0.3) is 0 Å². The van der Waals surface area contributed by atoms with E-state index in [4.69, 9.17) is 4.74 Å². The van der Waals surface area contributed by atoms with Gasteiger partial charge in [-0.05, 0) is 55.5 Å². The molecule has 150 valence electrons. The molecule has 2 fully saturated rings. The number of piperidine rings is 1. The third kappa shape index (κ3) is 4.24. The molecular weight excluding hydrogens is 372 g/mol. The quantitative estimate of drug-likeness (QED) is 0.714. The highest BCUT2D eigenvalue weighted by atomic mass is 32.2. The van der Waals surface area contributed by atoms with Gasteiger partial charge < -0.3 is 4.74 Å². The van der Waals surface area contributed by atoms with Gasteiger partial charge in [-0.2, -0.15) is 4.31 Å². The van der Waals surface area contributed by atoms with E-state index in [1.807, 2.05) is 22.5 Å². The third-order valence-corrected chi connectivity index (χ3v) is 7.73. The second-order valence-corrected chi connectivity index (χ2v) is 9.58. The molecule has 2 aliphatic rings. The van der Waals surface area contributed by atoms with Gasteiger partial charge in [0.05, 0.1) is 12.0 Å². The van der Waals surface area contributed by atoms with Crippen molar-refractivity contribution >= 4 is 10.0 Å². The van der Waals surface area contributed by atoms with E-state index in [-0.39, 0.29) is 12.1 Å². The highest BCUT2D eigenvalue weighted by Crippen LogP contribution is 2.36. The van der Waals surface area contributed by atoms with Gasteiger partial charge in [0.15, 0.2) is 0 Å². The van der Waals surface area contributed by atoms with Gasteiger partial charge in [0.2, 0.25) is 10.0 Å². The van der Waals surface area contributed by atoms with Crippen LogP contribution in [0.5, 0.6) is 5.75 Å². The summed E-state index contributed by atoms with van der Waals surface area (Å²) in [5.41, 5.74) is 1.26. The largest absolute Gasteiger partial charge is 0.497 e. The maximum Gasteiger partial charge on any atom is 0.243 e. The summed E-state index contributed by atoms with van der Waals surface area (Å²) in [7, 11) is -1.75. The van der Waals surface area contributed by atoms with Crippen LogP contribution in [-0.4, -0.2) is 49.9 Å². The van der Waals surface area contributed by atoms with Crippen molar-refractivity contribution in [3.05, 3.63) is 60.2 Å². The summed E-state index contributed by atoms with van der Waals surface area (Å²) in [6.07, 6.45) is 3.74. The summed E-state index contributed by atoms with van der Waals surface area (Å²) in [6.45, 7) is 2.74. The molecule has 5 nitrogen and oxygen atoms in total. The highest BCUT2D eigenvalue weighted by Gasteiger charge is 2.43. The predicted octanol–water partition coefficient (Wildman–Crippen LogP) is 3.51. The van der Waals surface area contributed by atoms with Gasteiger partial charge in [0.25, 0.3) is 0 Å². The fourth-order valence-corrected chi connectivity index (χ4v) is 6.01. The number of hydrogen-bond donors (Lipinski definition) is 0. The lowest BCUT2D eigenvalue weighted by Gasteiger charge is -2.38. The molecule has 2 aromatic rings. The zero-order valence-corrected chi connectivity index (χ0v) is 17.1. The number of nitrogens with zero attached hydrogens (tertiary/aromatic N) is 2. The fraction of sp³-hybridized carbons (Fsp3) is 0.455. The van der Waals surface area contributed by atoms with E-state index >= 15 is 0 Å². The molecule has 4 rings (SSSR count). The van der Waals surface area contributed by atoms with E-state index in [0.29, 0.717) is 4.90 Å². The number of sulfonamides is 1. The topological polar surface area (TPSA) is 49.9 Å². The van der Waals surface area contributed by atoms with Crippen molar-refractivity contribution in [3.63, 3.8) is 0 Å². The maximum absolute atomic E-state index is 13.2. The van der Waals surface area contributed by atoms with Crippen molar-refractivity contribution < 1.29 is 13.2 Å². The fourth-order valence-electron chi connectivity index (χ4n) is 4.05. The molecule has 0 bridgehead atoms. The van der Waals surface area contributed by atoms with Gasteiger partial charge in [0.1, 0.15) is 5.75 Å². The Morgan fingerprint density at radius 1 is 0.929 bits per heavy atom. The molecule has 0 aromatic heterocycles. The predicted molar refractivity (Wildman–Crippen MR) is 110 cm³/mol. The van der Waals surface area contributed by atoms with Crippen LogP contribution in [0.2, 0.25) is 0 Å². The summed E-state index contributed by atoms with van der Waals surface area (Å²) in [5.74, 6) is 0.869. The molecule has 0 amide bonds. The summed E-state index contributed by atoms with van der Waals surface area (Å²) in [6, 6.07) is 17.3. The Bertz CT molecular complexity index is 872. The van der Waals surface area contributed by atoms with Gasteiger partial charge >= 0.3 is 0 Å². The van der Waals surface area contributed by atoms with Crippen molar-refractivity contribution in [3.8, 4) is 5.75 Å². The molecule has 0 atom stereocenters. The lowest BCUT2D eigenvalue weighted by atomic mass is 10.0. The number of methoxy groups -OCH3 is 1. The van der Waals surface area contributed by atoms with Crippen LogP contribution in [0.4, 0.5) is 0 Å². The number of likely N-dealkylation sites (tertiary alicyclic amines) is 1. The first-order valence-corrected chi connectivity index (χ1v) is 11.5. The molecule has 0 N–H and O–H groups in total. The molecule has 1 saturated heterocycles. The van der Waals surface area contributed by atoms with Crippen LogP contribution >= 0.6 is 0 Å². The molecule has 0 spiro atoms. The van der Waals surface area contributed by atoms with E-state index in [2.05, 4.69) is 17.0 Å². The second-order valence-electron chi connectivity index (χ2n) is 7.73. The summed E-state index contributed by atoms with van der Waals surface area (Å²) >= 11 is 0. The first kappa shape index (κ1) is 19.4. The Hall–Kier alpha value is -1.89. The minimum Gasteiger partial charge on any atom is -0.497 e. The lowest BCUT2D eigenvalue weighted by molar-refractivity contribution is 0.150. The molecule has 1 heterocycles.